The number of carbonyl (C=O) groups excluding carboxylic acids is 2. The lowest BCUT2D eigenvalue weighted by Gasteiger charge is -2.38. The summed E-state index contributed by atoms with van der Waals surface area (Å²) in [7, 11) is 0. The van der Waals surface area contributed by atoms with Crippen molar-refractivity contribution in [2.45, 2.75) is 37.5 Å². The van der Waals surface area contributed by atoms with E-state index in [1.165, 1.54) is 30.4 Å². The molecule has 4 nitrogen and oxygen atoms in total. The Morgan fingerprint density at radius 1 is 0.667 bits per heavy atom. The van der Waals surface area contributed by atoms with E-state index in [2.05, 4.69) is 34.3 Å². The summed E-state index contributed by atoms with van der Waals surface area (Å²) in [5.74, 6) is 0. The zero-order chi connectivity index (χ0) is 16.8. The molecule has 0 spiro atoms. The molecule has 0 unspecified atom stereocenters. The van der Waals surface area contributed by atoms with Gasteiger partial charge < -0.3 is 0 Å². The maximum atomic E-state index is 10.4. The van der Waals surface area contributed by atoms with Crippen molar-refractivity contribution in [1.29, 1.82) is 0 Å². The molecule has 1 saturated carbocycles. The molecule has 0 aliphatic heterocycles. The van der Waals surface area contributed by atoms with E-state index in [9.17, 15) is 9.59 Å². The van der Waals surface area contributed by atoms with Crippen molar-refractivity contribution in [3.63, 3.8) is 0 Å². The molecule has 0 atom stereocenters. The fourth-order valence-corrected chi connectivity index (χ4v) is 3.71. The molecule has 0 saturated heterocycles. The van der Waals surface area contributed by atoms with Crippen LogP contribution < -0.4 is 0 Å². The Balaban J connectivity index is 2.03. The molecule has 0 N–H and O–H groups in total. The number of hydrogen-bond acceptors (Lipinski definition) is 4. The van der Waals surface area contributed by atoms with E-state index in [-0.39, 0.29) is 5.41 Å². The van der Waals surface area contributed by atoms with Gasteiger partial charge in [-0.3, -0.25) is 0 Å². The van der Waals surface area contributed by atoms with Gasteiger partial charge in [0.05, 0.1) is 11.4 Å². The van der Waals surface area contributed by atoms with Gasteiger partial charge in [0.15, 0.2) is 0 Å². The zero-order valence-electron chi connectivity index (χ0n) is 13.4. The first-order valence-electron chi connectivity index (χ1n) is 8.15. The maximum Gasteiger partial charge on any atom is 0.240 e. The van der Waals surface area contributed by atoms with Gasteiger partial charge in [-0.25, -0.2) is 9.59 Å². The first-order valence-corrected chi connectivity index (χ1v) is 8.15. The number of isocyanates is 2. The second-order valence-corrected chi connectivity index (χ2v) is 6.14. The fourth-order valence-electron chi connectivity index (χ4n) is 3.71. The van der Waals surface area contributed by atoms with Gasteiger partial charge in [0.25, 0.3) is 0 Å². The third kappa shape index (κ3) is 3.11. The molecule has 1 aliphatic carbocycles. The van der Waals surface area contributed by atoms with Crippen LogP contribution in [0.1, 0.15) is 43.2 Å². The minimum Gasteiger partial charge on any atom is -0.211 e. The molecule has 4 heteroatoms. The molecule has 0 aromatic heterocycles. The molecule has 2 aromatic carbocycles. The summed E-state index contributed by atoms with van der Waals surface area (Å²) in [6.45, 7) is 0. The van der Waals surface area contributed by atoms with Crippen molar-refractivity contribution in [1.82, 2.24) is 0 Å². The van der Waals surface area contributed by atoms with E-state index in [1.54, 1.807) is 12.2 Å². The molecule has 24 heavy (non-hydrogen) atoms. The van der Waals surface area contributed by atoms with E-state index < -0.39 is 0 Å². The van der Waals surface area contributed by atoms with Crippen molar-refractivity contribution in [2.24, 2.45) is 9.98 Å². The molecule has 1 aliphatic rings. The Kier molecular flexibility index (Phi) is 4.81. The van der Waals surface area contributed by atoms with Gasteiger partial charge in [0, 0.05) is 5.41 Å². The standard InChI is InChI=1S/C20H18N2O2/c23-14-21-18-8-4-16(5-9-18)20(12-2-1-3-13-20)17-6-10-19(11-7-17)22-15-24/h4-11H,1-3,12-13H2. The second kappa shape index (κ2) is 7.18. The van der Waals surface area contributed by atoms with Gasteiger partial charge in [-0.15, -0.1) is 0 Å². The Bertz CT molecular complexity index is 727. The summed E-state index contributed by atoms with van der Waals surface area (Å²) in [5.41, 5.74) is 3.67. The first kappa shape index (κ1) is 16.1. The third-order valence-corrected chi connectivity index (χ3v) is 4.90. The van der Waals surface area contributed by atoms with E-state index in [0.29, 0.717) is 11.4 Å². The van der Waals surface area contributed by atoms with Gasteiger partial charge in [-0.1, -0.05) is 43.5 Å². The molecular formula is C20H18N2O2. The monoisotopic (exact) mass is 318 g/mol. The highest BCUT2D eigenvalue weighted by Crippen LogP contribution is 2.45. The average Bonchev–Trinajstić information content (AvgIpc) is 2.64. The lowest BCUT2D eigenvalue weighted by atomic mass is 9.65. The van der Waals surface area contributed by atoms with Crippen LogP contribution in [0, 0.1) is 0 Å². The molecule has 1 fully saturated rings. The van der Waals surface area contributed by atoms with Crippen LogP contribution in [0.25, 0.3) is 0 Å². The summed E-state index contributed by atoms with van der Waals surface area (Å²) in [6.07, 6.45) is 8.94. The van der Waals surface area contributed by atoms with Crippen molar-refractivity contribution in [3.05, 3.63) is 59.7 Å². The molecular weight excluding hydrogens is 300 g/mol. The van der Waals surface area contributed by atoms with Crippen LogP contribution in [0.3, 0.4) is 0 Å². The van der Waals surface area contributed by atoms with E-state index in [1.807, 2.05) is 24.3 Å². The summed E-state index contributed by atoms with van der Waals surface area (Å²) in [5, 5.41) is 0. The lowest BCUT2D eigenvalue weighted by molar-refractivity contribution is 0.346. The third-order valence-electron chi connectivity index (χ3n) is 4.90. The smallest absolute Gasteiger partial charge is 0.211 e. The normalized spacial score (nSPS) is 15.8. The number of hydrogen-bond donors (Lipinski definition) is 0. The van der Waals surface area contributed by atoms with Gasteiger partial charge in [-0.05, 0) is 48.2 Å². The summed E-state index contributed by atoms with van der Waals surface area (Å²) < 4.78 is 0. The predicted octanol–water partition coefficient (Wildman–Crippen LogP) is 4.87. The number of rotatable bonds is 4. The van der Waals surface area contributed by atoms with Crippen molar-refractivity contribution < 1.29 is 9.59 Å². The second-order valence-electron chi connectivity index (χ2n) is 6.14. The van der Waals surface area contributed by atoms with E-state index in [4.69, 9.17) is 0 Å². The molecule has 3 rings (SSSR count). The number of nitrogens with zero attached hydrogens (tertiary/aromatic N) is 2. The number of benzene rings is 2. The van der Waals surface area contributed by atoms with Crippen molar-refractivity contribution in [2.75, 3.05) is 0 Å². The highest BCUT2D eigenvalue weighted by Gasteiger charge is 2.35. The topological polar surface area (TPSA) is 58.9 Å². The minimum absolute atomic E-state index is 0.0366. The Hall–Kier alpha value is -2.80. The quantitative estimate of drug-likeness (QED) is 0.596. The highest BCUT2D eigenvalue weighted by molar-refractivity contribution is 5.53. The average molecular weight is 318 g/mol. The lowest BCUT2D eigenvalue weighted by Crippen LogP contribution is -2.30. The fraction of sp³-hybridized carbons (Fsp3) is 0.300. The predicted molar refractivity (Wildman–Crippen MR) is 92.3 cm³/mol. The Morgan fingerprint density at radius 3 is 1.46 bits per heavy atom. The SMILES string of the molecule is O=C=Nc1ccc(C2(c3ccc(N=C=O)cc3)CCCCC2)cc1. The summed E-state index contributed by atoms with van der Waals surface area (Å²) in [4.78, 5) is 28.1. The Labute approximate surface area is 141 Å². The minimum atomic E-state index is -0.0366. The molecule has 2 aromatic rings. The van der Waals surface area contributed by atoms with Crippen molar-refractivity contribution >= 4 is 23.5 Å². The molecule has 0 amide bonds. The molecule has 0 radical (unpaired) electrons. The van der Waals surface area contributed by atoms with Crippen LogP contribution in [0.15, 0.2) is 58.5 Å². The first-order chi connectivity index (χ1) is 11.8. The number of aliphatic imine (C=N–C) groups is 2. The molecule has 120 valence electrons. The van der Waals surface area contributed by atoms with Crippen LogP contribution in [-0.2, 0) is 15.0 Å². The van der Waals surface area contributed by atoms with Crippen molar-refractivity contribution in [3.8, 4) is 0 Å². The van der Waals surface area contributed by atoms with E-state index in [0.717, 1.165) is 12.8 Å². The van der Waals surface area contributed by atoms with Crippen LogP contribution >= 0.6 is 0 Å². The zero-order valence-corrected chi connectivity index (χ0v) is 13.4. The van der Waals surface area contributed by atoms with E-state index >= 15 is 0 Å². The van der Waals surface area contributed by atoms with Gasteiger partial charge in [0.1, 0.15) is 0 Å². The van der Waals surface area contributed by atoms with Gasteiger partial charge >= 0.3 is 0 Å². The highest BCUT2D eigenvalue weighted by atomic mass is 16.1. The largest absolute Gasteiger partial charge is 0.240 e. The van der Waals surface area contributed by atoms with Gasteiger partial charge in [0.2, 0.25) is 12.2 Å². The van der Waals surface area contributed by atoms with Crippen LogP contribution in [0.2, 0.25) is 0 Å². The molecule has 0 heterocycles. The van der Waals surface area contributed by atoms with Crippen LogP contribution in [0.4, 0.5) is 11.4 Å². The Morgan fingerprint density at radius 2 is 1.08 bits per heavy atom. The molecule has 0 bridgehead atoms. The van der Waals surface area contributed by atoms with Crippen LogP contribution in [-0.4, -0.2) is 12.2 Å². The van der Waals surface area contributed by atoms with Gasteiger partial charge in [-0.2, -0.15) is 9.98 Å². The van der Waals surface area contributed by atoms with Crippen LogP contribution in [0.5, 0.6) is 0 Å². The summed E-state index contributed by atoms with van der Waals surface area (Å²) in [6, 6.07) is 15.7. The summed E-state index contributed by atoms with van der Waals surface area (Å²) >= 11 is 0. The maximum absolute atomic E-state index is 10.4.